The van der Waals surface area contributed by atoms with E-state index in [0.29, 0.717) is 16.8 Å². The van der Waals surface area contributed by atoms with Crippen LogP contribution in [-0.2, 0) is 0 Å². The van der Waals surface area contributed by atoms with Crippen LogP contribution >= 0.6 is 0 Å². The SMILES string of the molecule is Cc1cc(Nc2c(NC(C)c3cccc(O)c3)c(=O)c2=O)cc(C)c1O. The van der Waals surface area contributed by atoms with Crippen LogP contribution in [0.3, 0.4) is 0 Å². The number of aryl methyl sites for hydroxylation is 2. The fourth-order valence-corrected chi connectivity index (χ4v) is 2.91. The lowest BCUT2D eigenvalue weighted by atomic mass is 10.1. The molecule has 4 N–H and O–H groups in total. The maximum atomic E-state index is 12.0. The lowest BCUT2D eigenvalue weighted by Crippen LogP contribution is -2.37. The molecule has 0 aliphatic carbocycles. The average Bonchev–Trinajstić information content (AvgIpc) is 2.61. The Morgan fingerprint density at radius 1 is 0.923 bits per heavy atom. The Balaban J connectivity index is 1.86. The second-order valence-corrected chi connectivity index (χ2v) is 6.45. The molecular formula is C20H20N2O4. The van der Waals surface area contributed by atoms with E-state index in [9.17, 15) is 19.8 Å². The molecule has 0 saturated carbocycles. The summed E-state index contributed by atoms with van der Waals surface area (Å²) in [6.07, 6.45) is 0. The summed E-state index contributed by atoms with van der Waals surface area (Å²) in [5.41, 5.74) is 2.02. The lowest BCUT2D eigenvalue weighted by molar-refractivity contribution is 0.467. The summed E-state index contributed by atoms with van der Waals surface area (Å²) < 4.78 is 0. The van der Waals surface area contributed by atoms with Crippen molar-refractivity contribution in [1.29, 1.82) is 0 Å². The van der Waals surface area contributed by atoms with Crippen LogP contribution in [0.2, 0.25) is 0 Å². The Hall–Kier alpha value is -3.28. The van der Waals surface area contributed by atoms with Crippen LogP contribution in [0.1, 0.15) is 29.7 Å². The van der Waals surface area contributed by atoms with E-state index in [2.05, 4.69) is 10.6 Å². The average molecular weight is 352 g/mol. The number of phenols is 2. The van der Waals surface area contributed by atoms with Gasteiger partial charge in [0, 0.05) is 11.7 Å². The minimum Gasteiger partial charge on any atom is -0.508 e. The van der Waals surface area contributed by atoms with Crippen molar-refractivity contribution in [2.24, 2.45) is 0 Å². The third-order valence-corrected chi connectivity index (χ3v) is 4.40. The summed E-state index contributed by atoms with van der Waals surface area (Å²) in [6.45, 7) is 5.36. The normalized spacial score (nSPS) is 12.1. The molecule has 26 heavy (non-hydrogen) atoms. The second-order valence-electron chi connectivity index (χ2n) is 6.45. The zero-order chi connectivity index (χ0) is 19.0. The molecular weight excluding hydrogens is 332 g/mol. The van der Waals surface area contributed by atoms with E-state index in [1.165, 1.54) is 0 Å². The number of anilines is 3. The zero-order valence-corrected chi connectivity index (χ0v) is 14.8. The maximum absolute atomic E-state index is 12.0. The third kappa shape index (κ3) is 3.13. The molecule has 3 aromatic rings. The molecule has 6 nitrogen and oxygen atoms in total. The van der Waals surface area contributed by atoms with Crippen LogP contribution < -0.4 is 21.5 Å². The zero-order valence-electron chi connectivity index (χ0n) is 14.8. The summed E-state index contributed by atoms with van der Waals surface area (Å²) in [4.78, 5) is 24.0. The molecule has 0 bridgehead atoms. The van der Waals surface area contributed by atoms with Gasteiger partial charge < -0.3 is 20.8 Å². The maximum Gasteiger partial charge on any atom is 0.253 e. The van der Waals surface area contributed by atoms with Crippen LogP contribution in [-0.4, -0.2) is 10.2 Å². The molecule has 0 aliphatic heterocycles. The van der Waals surface area contributed by atoms with Crippen molar-refractivity contribution < 1.29 is 10.2 Å². The van der Waals surface area contributed by atoms with E-state index in [-0.39, 0.29) is 28.9 Å². The largest absolute Gasteiger partial charge is 0.508 e. The van der Waals surface area contributed by atoms with E-state index >= 15 is 0 Å². The van der Waals surface area contributed by atoms with Gasteiger partial charge >= 0.3 is 0 Å². The van der Waals surface area contributed by atoms with Gasteiger partial charge in [-0.15, -0.1) is 0 Å². The fourth-order valence-electron chi connectivity index (χ4n) is 2.91. The quantitative estimate of drug-likeness (QED) is 0.416. The molecule has 0 saturated heterocycles. The number of phenolic OH excluding ortho intramolecular Hbond substituents is 2. The number of benzene rings is 2. The summed E-state index contributed by atoms with van der Waals surface area (Å²) in [7, 11) is 0. The van der Waals surface area contributed by atoms with E-state index in [4.69, 9.17) is 0 Å². The monoisotopic (exact) mass is 352 g/mol. The van der Waals surface area contributed by atoms with Crippen molar-refractivity contribution in [3.05, 3.63) is 73.5 Å². The molecule has 6 heteroatoms. The van der Waals surface area contributed by atoms with Gasteiger partial charge in [-0.25, -0.2) is 0 Å². The van der Waals surface area contributed by atoms with Gasteiger partial charge in [0.05, 0.1) is 0 Å². The van der Waals surface area contributed by atoms with Crippen molar-refractivity contribution in [2.75, 3.05) is 10.6 Å². The molecule has 3 aromatic carbocycles. The van der Waals surface area contributed by atoms with Gasteiger partial charge in [-0.2, -0.15) is 0 Å². The number of rotatable bonds is 5. The molecule has 1 atom stereocenters. The van der Waals surface area contributed by atoms with E-state index in [0.717, 1.165) is 5.56 Å². The van der Waals surface area contributed by atoms with Gasteiger partial charge in [0.15, 0.2) is 0 Å². The van der Waals surface area contributed by atoms with Crippen molar-refractivity contribution >= 4 is 17.1 Å². The molecule has 0 aliphatic rings. The molecule has 0 aromatic heterocycles. The number of nitrogens with one attached hydrogen (secondary N) is 2. The van der Waals surface area contributed by atoms with Gasteiger partial charge in [0.25, 0.3) is 10.9 Å². The third-order valence-electron chi connectivity index (χ3n) is 4.40. The number of hydrogen-bond acceptors (Lipinski definition) is 6. The Kier molecular flexibility index (Phi) is 4.42. The molecule has 134 valence electrons. The molecule has 0 heterocycles. The van der Waals surface area contributed by atoms with Crippen LogP contribution in [0.25, 0.3) is 0 Å². The van der Waals surface area contributed by atoms with Crippen LogP contribution in [0.4, 0.5) is 17.1 Å². The first-order valence-corrected chi connectivity index (χ1v) is 8.24. The Morgan fingerprint density at radius 3 is 2.15 bits per heavy atom. The van der Waals surface area contributed by atoms with Gasteiger partial charge in [0.1, 0.15) is 22.9 Å². The highest BCUT2D eigenvalue weighted by Crippen LogP contribution is 2.30. The Labute approximate surface area is 150 Å². The molecule has 0 amide bonds. The molecule has 1 unspecified atom stereocenters. The van der Waals surface area contributed by atoms with Crippen molar-refractivity contribution in [3.63, 3.8) is 0 Å². The van der Waals surface area contributed by atoms with Gasteiger partial charge in [-0.1, -0.05) is 12.1 Å². The standard InChI is InChI=1S/C20H20N2O4/c1-10-7-14(8-11(2)18(10)24)22-17-16(19(25)20(17)26)21-12(3)13-5-4-6-15(23)9-13/h4-9,12,21-24H,1-3H3. The van der Waals surface area contributed by atoms with Crippen molar-refractivity contribution in [2.45, 2.75) is 26.8 Å². The second kappa shape index (κ2) is 6.55. The summed E-state index contributed by atoms with van der Waals surface area (Å²) in [5.74, 6) is 0.339. The van der Waals surface area contributed by atoms with Gasteiger partial charge in [-0.3, -0.25) is 9.59 Å². The lowest BCUT2D eigenvalue weighted by Gasteiger charge is -2.20. The van der Waals surface area contributed by atoms with Crippen LogP contribution in [0, 0.1) is 13.8 Å². The first kappa shape index (κ1) is 17.5. The molecule has 0 spiro atoms. The van der Waals surface area contributed by atoms with E-state index < -0.39 is 10.9 Å². The van der Waals surface area contributed by atoms with Crippen LogP contribution in [0.15, 0.2) is 46.0 Å². The highest BCUT2D eigenvalue weighted by molar-refractivity contribution is 5.79. The number of hydrogen-bond donors (Lipinski definition) is 4. The summed E-state index contributed by atoms with van der Waals surface area (Å²) in [5, 5.41) is 25.5. The predicted molar refractivity (Wildman–Crippen MR) is 102 cm³/mol. The molecule has 0 radical (unpaired) electrons. The predicted octanol–water partition coefficient (Wildman–Crippen LogP) is 3.23. The van der Waals surface area contributed by atoms with Gasteiger partial charge in [-0.05, 0) is 61.7 Å². The first-order valence-electron chi connectivity index (χ1n) is 8.24. The van der Waals surface area contributed by atoms with Gasteiger partial charge in [0.2, 0.25) is 0 Å². The minimum absolute atomic E-state index is 0.134. The highest BCUT2D eigenvalue weighted by Gasteiger charge is 2.23. The molecule has 3 rings (SSSR count). The number of aromatic hydroxyl groups is 2. The van der Waals surface area contributed by atoms with Crippen molar-refractivity contribution in [3.8, 4) is 11.5 Å². The minimum atomic E-state index is -0.584. The highest BCUT2D eigenvalue weighted by atomic mass is 16.3. The topological polar surface area (TPSA) is 98.7 Å². The van der Waals surface area contributed by atoms with E-state index in [1.807, 2.05) is 13.0 Å². The van der Waals surface area contributed by atoms with E-state index in [1.54, 1.807) is 44.2 Å². The smallest absolute Gasteiger partial charge is 0.253 e. The summed E-state index contributed by atoms with van der Waals surface area (Å²) >= 11 is 0. The Bertz CT molecular complexity index is 1030. The Morgan fingerprint density at radius 2 is 1.54 bits per heavy atom. The fraction of sp³-hybridized carbons (Fsp3) is 0.200. The molecule has 0 fully saturated rings. The summed E-state index contributed by atoms with van der Waals surface area (Å²) in [6, 6.07) is 9.85. The first-order chi connectivity index (χ1) is 12.3. The van der Waals surface area contributed by atoms with Crippen LogP contribution in [0.5, 0.6) is 11.5 Å². The van der Waals surface area contributed by atoms with Crippen molar-refractivity contribution in [1.82, 2.24) is 0 Å².